The SMILES string of the molecule is C=C/C(=C\C)Oc1c(C(C)(F)F)ncn(Cc2cc(C(C)(F)F)nn(COP(=O)(O)O)c2=O)c1=O. The van der Waals surface area contributed by atoms with E-state index in [1.54, 1.807) is 0 Å². The number of allylic oxidation sites excluding steroid dienone is 2. The third kappa shape index (κ3) is 7.18. The van der Waals surface area contributed by atoms with Crippen LogP contribution in [-0.4, -0.2) is 29.1 Å². The molecular formula is C19H21F4N4O7P. The van der Waals surface area contributed by atoms with E-state index in [1.807, 2.05) is 0 Å². The van der Waals surface area contributed by atoms with Crippen LogP contribution in [0.25, 0.3) is 0 Å². The molecule has 0 bridgehead atoms. The van der Waals surface area contributed by atoms with Crippen LogP contribution >= 0.6 is 7.82 Å². The van der Waals surface area contributed by atoms with E-state index in [4.69, 9.17) is 14.5 Å². The zero-order valence-electron chi connectivity index (χ0n) is 18.6. The number of phosphoric acid groups is 1. The predicted octanol–water partition coefficient (Wildman–Crippen LogP) is 2.61. The molecule has 2 aromatic rings. The number of hydrogen-bond donors (Lipinski definition) is 2. The third-order valence-corrected chi connectivity index (χ3v) is 4.76. The summed E-state index contributed by atoms with van der Waals surface area (Å²) in [5.74, 6) is -8.15. The Morgan fingerprint density at radius 1 is 1.20 bits per heavy atom. The molecule has 0 saturated heterocycles. The highest BCUT2D eigenvalue weighted by atomic mass is 31.2. The molecule has 192 valence electrons. The maximum atomic E-state index is 14.0. The molecule has 2 aromatic heterocycles. The molecule has 0 aliphatic heterocycles. The van der Waals surface area contributed by atoms with Crippen molar-refractivity contribution in [3.63, 3.8) is 0 Å². The first kappa shape index (κ1) is 28.1. The minimum Gasteiger partial charge on any atom is -0.450 e. The van der Waals surface area contributed by atoms with E-state index in [2.05, 4.69) is 21.2 Å². The Balaban J connectivity index is 2.67. The number of nitrogens with zero attached hydrogens (tertiary/aromatic N) is 4. The van der Waals surface area contributed by atoms with Gasteiger partial charge in [-0.25, -0.2) is 14.2 Å². The van der Waals surface area contributed by atoms with Gasteiger partial charge < -0.3 is 14.5 Å². The van der Waals surface area contributed by atoms with Crippen LogP contribution in [0.3, 0.4) is 0 Å². The molecule has 2 heterocycles. The van der Waals surface area contributed by atoms with E-state index >= 15 is 0 Å². The largest absolute Gasteiger partial charge is 0.471 e. The Morgan fingerprint density at radius 3 is 2.31 bits per heavy atom. The Hall–Kier alpha value is -3.13. The van der Waals surface area contributed by atoms with Crippen molar-refractivity contribution in [3.05, 3.63) is 74.5 Å². The summed E-state index contributed by atoms with van der Waals surface area (Å²) in [5, 5.41) is 3.34. The number of ether oxygens (including phenoxy) is 1. The van der Waals surface area contributed by atoms with Crippen molar-refractivity contribution in [1.29, 1.82) is 0 Å². The Morgan fingerprint density at radius 2 is 1.83 bits per heavy atom. The first-order chi connectivity index (χ1) is 16.0. The Kier molecular flexibility index (Phi) is 8.22. The molecule has 0 spiro atoms. The topological polar surface area (TPSA) is 146 Å². The molecule has 0 amide bonds. The standard InChI is InChI=1S/C19H21F4N4O7P/c1-5-12(6-2)34-14-15(19(4,22)23)24-9-26(17(14)29)8-11-7-13(18(3,20)21)25-27(16(11)28)10-33-35(30,31)32/h5-7,9H,1,8,10H2,2-4H3,(H2,30,31,32)/b12-6+. The third-order valence-electron chi connectivity index (χ3n) is 4.31. The first-order valence-corrected chi connectivity index (χ1v) is 11.1. The summed E-state index contributed by atoms with van der Waals surface area (Å²) in [6, 6.07) is 0.659. The van der Waals surface area contributed by atoms with Gasteiger partial charge in [0.15, 0.2) is 12.4 Å². The number of halogens is 4. The molecule has 35 heavy (non-hydrogen) atoms. The smallest absolute Gasteiger partial charge is 0.450 e. The van der Waals surface area contributed by atoms with Crippen LogP contribution in [0.2, 0.25) is 0 Å². The summed E-state index contributed by atoms with van der Waals surface area (Å²) >= 11 is 0. The summed E-state index contributed by atoms with van der Waals surface area (Å²) in [4.78, 5) is 46.8. The lowest BCUT2D eigenvalue weighted by molar-refractivity contribution is 0.00861. The molecule has 11 nitrogen and oxygen atoms in total. The Bertz CT molecular complexity index is 1310. The van der Waals surface area contributed by atoms with E-state index in [0.717, 1.165) is 6.08 Å². The fourth-order valence-corrected chi connectivity index (χ4v) is 2.91. The lowest BCUT2D eigenvalue weighted by Crippen LogP contribution is -2.34. The summed E-state index contributed by atoms with van der Waals surface area (Å²) < 4.78 is 77.2. The number of aromatic nitrogens is 4. The van der Waals surface area contributed by atoms with Crippen molar-refractivity contribution in [3.8, 4) is 5.75 Å². The van der Waals surface area contributed by atoms with Crippen LogP contribution in [0, 0.1) is 0 Å². The van der Waals surface area contributed by atoms with Gasteiger partial charge in [-0.15, -0.1) is 0 Å². The highest BCUT2D eigenvalue weighted by Gasteiger charge is 2.34. The normalized spacial score (nSPS) is 13.1. The predicted molar refractivity (Wildman–Crippen MR) is 113 cm³/mol. The van der Waals surface area contributed by atoms with Crippen molar-refractivity contribution in [2.75, 3.05) is 0 Å². The molecule has 0 radical (unpaired) electrons. The van der Waals surface area contributed by atoms with Crippen LogP contribution < -0.4 is 15.9 Å². The van der Waals surface area contributed by atoms with E-state index in [9.17, 15) is 31.7 Å². The Labute approximate surface area is 195 Å². The summed E-state index contributed by atoms with van der Waals surface area (Å²) in [5.41, 5.74) is -4.82. The second kappa shape index (κ2) is 10.2. The minimum absolute atomic E-state index is 0.0547. The van der Waals surface area contributed by atoms with Gasteiger partial charge >= 0.3 is 7.82 Å². The first-order valence-electron chi connectivity index (χ1n) is 9.61. The van der Waals surface area contributed by atoms with Gasteiger partial charge in [0.25, 0.3) is 23.0 Å². The number of alkyl halides is 4. The zero-order chi connectivity index (χ0) is 26.8. The van der Waals surface area contributed by atoms with Crippen molar-refractivity contribution < 1.29 is 41.2 Å². The van der Waals surface area contributed by atoms with Gasteiger partial charge in [0.1, 0.15) is 11.5 Å². The van der Waals surface area contributed by atoms with Gasteiger partial charge in [0.05, 0.1) is 12.9 Å². The molecule has 0 fully saturated rings. The van der Waals surface area contributed by atoms with Crippen LogP contribution in [-0.2, 0) is 34.2 Å². The van der Waals surface area contributed by atoms with Crippen molar-refractivity contribution in [2.45, 2.75) is 45.9 Å². The molecule has 0 saturated carbocycles. The fourth-order valence-electron chi connectivity index (χ4n) is 2.65. The lowest BCUT2D eigenvalue weighted by atomic mass is 10.2. The van der Waals surface area contributed by atoms with Gasteiger partial charge in [0.2, 0.25) is 5.75 Å². The molecule has 2 rings (SSSR count). The second-order valence-electron chi connectivity index (χ2n) is 7.24. The maximum Gasteiger partial charge on any atom is 0.471 e. The highest BCUT2D eigenvalue weighted by Crippen LogP contribution is 2.36. The van der Waals surface area contributed by atoms with Gasteiger partial charge in [0, 0.05) is 19.4 Å². The number of hydrogen-bond acceptors (Lipinski definition) is 7. The van der Waals surface area contributed by atoms with Crippen LogP contribution in [0.5, 0.6) is 5.75 Å². The lowest BCUT2D eigenvalue weighted by Gasteiger charge is -2.18. The van der Waals surface area contributed by atoms with Gasteiger partial charge in [-0.1, -0.05) is 6.58 Å². The summed E-state index contributed by atoms with van der Waals surface area (Å²) in [6.07, 6.45) is 3.15. The molecule has 0 unspecified atom stereocenters. The van der Waals surface area contributed by atoms with E-state index in [-0.39, 0.29) is 10.4 Å². The van der Waals surface area contributed by atoms with Gasteiger partial charge in [-0.2, -0.15) is 22.7 Å². The molecular weight excluding hydrogens is 503 g/mol. The second-order valence-corrected chi connectivity index (χ2v) is 8.48. The van der Waals surface area contributed by atoms with E-state index in [0.29, 0.717) is 30.8 Å². The molecule has 0 atom stereocenters. The van der Waals surface area contributed by atoms with Crippen LogP contribution in [0.4, 0.5) is 17.6 Å². The zero-order valence-corrected chi connectivity index (χ0v) is 19.5. The molecule has 16 heteroatoms. The average Bonchev–Trinajstić information content (AvgIpc) is 2.72. The van der Waals surface area contributed by atoms with Crippen LogP contribution in [0.1, 0.15) is 37.7 Å². The van der Waals surface area contributed by atoms with Gasteiger partial charge in [-0.3, -0.25) is 18.7 Å². The van der Waals surface area contributed by atoms with Gasteiger partial charge in [-0.05, 0) is 25.1 Å². The average molecular weight is 524 g/mol. The van der Waals surface area contributed by atoms with Crippen molar-refractivity contribution in [2.24, 2.45) is 0 Å². The maximum absolute atomic E-state index is 14.0. The molecule has 0 aliphatic rings. The van der Waals surface area contributed by atoms with Crippen molar-refractivity contribution in [1.82, 2.24) is 19.3 Å². The van der Waals surface area contributed by atoms with Crippen LogP contribution in [0.15, 0.2) is 46.5 Å². The summed E-state index contributed by atoms with van der Waals surface area (Å²) in [6.45, 7) is 3.90. The number of rotatable bonds is 10. The van der Waals surface area contributed by atoms with E-state index in [1.165, 1.54) is 13.0 Å². The molecule has 0 aromatic carbocycles. The van der Waals surface area contributed by atoms with Crippen molar-refractivity contribution >= 4 is 7.82 Å². The quantitative estimate of drug-likeness (QED) is 0.207. The minimum atomic E-state index is -5.10. The van der Waals surface area contributed by atoms with E-state index < -0.39 is 66.8 Å². The monoisotopic (exact) mass is 524 g/mol. The number of phosphoric ester groups is 1. The molecule has 2 N–H and O–H groups in total. The fraction of sp³-hybridized carbons (Fsp3) is 0.368. The highest BCUT2D eigenvalue weighted by molar-refractivity contribution is 7.46. The molecule has 0 aliphatic carbocycles. The summed E-state index contributed by atoms with van der Waals surface area (Å²) in [7, 11) is -5.10.